The minimum absolute atomic E-state index is 0.0856. The van der Waals surface area contributed by atoms with Crippen LogP contribution >= 0.6 is 11.6 Å². The number of nitrogens with one attached hydrogen (secondary N) is 1. The van der Waals surface area contributed by atoms with E-state index in [1.54, 1.807) is 12.1 Å². The highest BCUT2D eigenvalue weighted by Crippen LogP contribution is 2.52. The van der Waals surface area contributed by atoms with Crippen molar-refractivity contribution in [3.8, 4) is 0 Å². The lowest BCUT2D eigenvalue weighted by Crippen LogP contribution is -2.36. The summed E-state index contributed by atoms with van der Waals surface area (Å²) < 4.78 is 14.0. The Morgan fingerprint density at radius 1 is 1.33 bits per heavy atom. The number of fused-ring (bicyclic) bond motifs is 2. The molecule has 18 heavy (non-hydrogen) atoms. The van der Waals surface area contributed by atoms with Crippen LogP contribution in [0.5, 0.6) is 0 Å². The van der Waals surface area contributed by atoms with Gasteiger partial charge in [-0.05, 0) is 49.1 Å². The van der Waals surface area contributed by atoms with E-state index in [4.69, 9.17) is 17.4 Å². The summed E-state index contributed by atoms with van der Waals surface area (Å²) in [7, 11) is 0. The molecule has 0 aromatic heterocycles. The summed E-state index contributed by atoms with van der Waals surface area (Å²) in [6.45, 7) is 0. The zero-order valence-electron chi connectivity index (χ0n) is 10.2. The fourth-order valence-corrected chi connectivity index (χ4v) is 4.06. The van der Waals surface area contributed by atoms with E-state index in [9.17, 15) is 4.39 Å². The zero-order valence-corrected chi connectivity index (χ0v) is 11.0. The molecule has 0 radical (unpaired) electrons. The van der Waals surface area contributed by atoms with Gasteiger partial charge in [-0.3, -0.25) is 11.3 Å². The molecule has 2 fully saturated rings. The van der Waals surface area contributed by atoms with Crippen LogP contribution in [0.4, 0.5) is 4.39 Å². The molecule has 3 N–H and O–H groups in total. The molecule has 2 aliphatic carbocycles. The first-order chi connectivity index (χ1) is 8.69. The van der Waals surface area contributed by atoms with E-state index in [-0.39, 0.29) is 11.9 Å². The molecule has 2 saturated carbocycles. The molecule has 0 heterocycles. The SMILES string of the molecule is NNC(c1ccc(Cl)cc1F)C1CC2CCC1C2. The van der Waals surface area contributed by atoms with Crippen molar-refractivity contribution >= 4 is 11.6 Å². The highest BCUT2D eigenvalue weighted by molar-refractivity contribution is 6.30. The van der Waals surface area contributed by atoms with Crippen molar-refractivity contribution in [1.29, 1.82) is 0 Å². The van der Waals surface area contributed by atoms with Gasteiger partial charge in [0.1, 0.15) is 5.82 Å². The molecule has 4 heteroatoms. The van der Waals surface area contributed by atoms with Gasteiger partial charge in [-0.25, -0.2) is 4.39 Å². The van der Waals surface area contributed by atoms with Crippen molar-refractivity contribution in [3.63, 3.8) is 0 Å². The molecule has 0 amide bonds. The van der Waals surface area contributed by atoms with Crippen LogP contribution in [0.1, 0.15) is 37.3 Å². The minimum Gasteiger partial charge on any atom is -0.271 e. The summed E-state index contributed by atoms with van der Waals surface area (Å²) in [4.78, 5) is 0. The topological polar surface area (TPSA) is 38.0 Å². The lowest BCUT2D eigenvalue weighted by molar-refractivity contribution is 0.248. The lowest BCUT2D eigenvalue weighted by Gasteiger charge is -2.30. The van der Waals surface area contributed by atoms with Crippen molar-refractivity contribution in [3.05, 3.63) is 34.6 Å². The second-order valence-electron chi connectivity index (χ2n) is 5.65. The summed E-state index contributed by atoms with van der Waals surface area (Å²) in [6.07, 6.45) is 5.06. The number of hydrogen-bond acceptors (Lipinski definition) is 2. The first kappa shape index (κ1) is 12.4. The Hall–Kier alpha value is -0.640. The maximum Gasteiger partial charge on any atom is 0.129 e. The Morgan fingerprint density at radius 3 is 2.72 bits per heavy atom. The predicted octanol–water partition coefficient (Wildman–Crippen LogP) is 3.42. The first-order valence-corrected chi connectivity index (χ1v) is 6.98. The van der Waals surface area contributed by atoms with Gasteiger partial charge in [0.05, 0.1) is 6.04 Å². The molecule has 2 bridgehead atoms. The second-order valence-corrected chi connectivity index (χ2v) is 6.09. The van der Waals surface area contributed by atoms with Gasteiger partial charge in [-0.2, -0.15) is 0 Å². The van der Waals surface area contributed by atoms with Gasteiger partial charge >= 0.3 is 0 Å². The third-order valence-corrected chi connectivity index (χ3v) is 4.93. The van der Waals surface area contributed by atoms with E-state index >= 15 is 0 Å². The number of halogens is 2. The van der Waals surface area contributed by atoms with Crippen molar-refractivity contribution in [1.82, 2.24) is 5.43 Å². The van der Waals surface area contributed by atoms with Crippen LogP contribution in [0.3, 0.4) is 0 Å². The lowest BCUT2D eigenvalue weighted by atomic mass is 9.80. The van der Waals surface area contributed by atoms with Crippen LogP contribution in [0.2, 0.25) is 5.02 Å². The van der Waals surface area contributed by atoms with Crippen LogP contribution in [0.15, 0.2) is 18.2 Å². The fourth-order valence-electron chi connectivity index (χ4n) is 3.90. The smallest absolute Gasteiger partial charge is 0.129 e. The Kier molecular flexibility index (Phi) is 3.31. The third-order valence-electron chi connectivity index (χ3n) is 4.70. The highest BCUT2D eigenvalue weighted by atomic mass is 35.5. The largest absolute Gasteiger partial charge is 0.271 e. The molecule has 1 aromatic rings. The summed E-state index contributed by atoms with van der Waals surface area (Å²) in [5, 5.41) is 0.431. The van der Waals surface area contributed by atoms with Gasteiger partial charge in [0.25, 0.3) is 0 Å². The predicted molar refractivity (Wildman–Crippen MR) is 70.4 cm³/mol. The van der Waals surface area contributed by atoms with Gasteiger partial charge in [0.15, 0.2) is 0 Å². The Bertz CT molecular complexity index is 451. The van der Waals surface area contributed by atoms with E-state index in [0.717, 1.165) is 5.92 Å². The number of benzene rings is 1. The number of hydrazine groups is 1. The number of nitrogens with two attached hydrogens (primary N) is 1. The van der Waals surface area contributed by atoms with E-state index in [1.807, 2.05) is 0 Å². The second kappa shape index (κ2) is 4.80. The molecular weight excluding hydrogens is 251 g/mol. The van der Waals surface area contributed by atoms with Crippen LogP contribution in [-0.4, -0.2) is 0 Å². The average Bonchev–Trinajstić information content (AvgIpc) is 2.95. The normalized spacial score (nSPS) is 31.8. The van der Waals surface area contributed by atoms with Crippen LogP contribution in [-0.2, 0) is 0 Å². The molecule has 0 aliphatic heterocycles. The molecule has 2 nitrogen and oxygen atoms in total. The number of hydrogen-bond donors (Lipinski definition) is 2. The van der Waals surface area contributed by atoms with Crippen molar-refractivity contribution in [2.24, 2.45) is 23.6 Å². The van der Waals surface area contributed by atoms with E-state index in [1.165, 1.54) is 31.7 Å². The molecule has 4 unspecified atom stereocenters. The molecule has 1 aromatic carbocycles. The van der Waals surface area contributed by atoms with Gasteiger partial charge in [-0.1, -0.05) is 24.1 Å². The van der Waals surface area contributed by atoms with Crippen LogP contribution < -0.4 is 11.3 Å². The van der Waals surface area contributed by atoms with E-state index in [2.05, 4.69) is 5.43 Å². The molecule has 0 saturated heterocycles. The molecule has 4 atom stereocenters. The molecule has 2 aliphatic rings. The van der Waals surface area contributed by atoms with Crippen molar-refractivity contribution in [2.45, 2.75) is 31.7 Å². The summed E-state index contributed by atoms with van der Waals surface area (Å²) in [6, 6.07) is 4.78. The zero-order chi connectivity index (χ0) is 12.7. The molecular formula is C14H18ClFN2. The van der Waals surface area contributed by atoms with Crippen LogP contribution in [0, 0.1) is 23.6 Å². The maximum atomic E-state index is 14.0. The molecule has 0 spiro atoms. The van der Waals surface area contributed by atoms with Gasteiger partial charge in [0.2, 0.25) is 0 Å². The van der Waals surface area contributed by atoms with Crippen molar-refractivity contribution < 1.29 is 4.39 Å². The summed E-state index contributed by atoms with van der Waals surface area (Å²) in [5.41, 5.74) is 3.47. The van der Waals surface area contributed by atoms with E-state index < -0.39 is 0 Å². The number of rotatable bonds is 3. The van der Waals surface area contributed by atoms with Gasteiger partial charge < -0.3 is 0 Å². The van der Waals surface area contributed by atoms with Gasteiger partial charge in [-0.15, -0.1) is 0 Å². The molecule has 3 rings (SSSR count). The third kappa shape index (κ3) is 2.04. The monoisotopic (exact) mass is 268 g/mol. The Morgan fingerprint density at radius 2 is 2.17 bits per heavy atom. The Balaban J connectivity index is 1.88. The highest BCUT2D eigenvalue weighted by Gasteiger charge is 2.43. The fraction of sp³-hybridized carbons (Fsp3) is 0.571. The van der Waals surface area contributed by atoms with Crippen molar-refractivity contribution in [2.75, 3.05) is 0 Å². The first-order valence-electron chi connectivity index (χ1n) is 6.60. The van der Waals surface area contributed by atoms with Crippen LogP contribution in [0.25, 0.3) is 0 Å². The average molecular weight is 269 g/mol. The standard InChI is InChI=1S/C14H18ClFN2/c15-10-3-4-11(13(16)7-10)14(18-17)12-6-8-1-2-9(12)5-8/h3-4,7-9,12,14,18H,1-2,5-6,17H2. The summed E-state index contributed by atoms with van der Waals surface area (Å²) >= 11 is 5.80. The summed E-state index contributed by atoms with van der Waals surface area (Å²) in [5.74, 6) is 7.41. The molecule has 98 valence electrons. The van der Waals surface area contributed by atoms with Gasteiger partial charge in [0, 0.05) is 10.6 Å². The quantitative estimate of drug-likeness (QED) is 0.651. The minimum atomic E-state index is -0.256. The van der Waals surface area contributed by atoms with E-state index in [0.29, 0.717) is 22.4 Å². The maximum absolute atomic E-state index is 14.0. The Labute approximate surface area is 112 Å².